The van der Waals surface area contributed by atoms with E-state index < -0.39 is 10.0 Å². The Bertz CT molecular complexity index is 804. The zero-order valence-corrected chi connectivity index (χ0v) is 16.4. The van der Waals surface area contributed by atoms with Gasteiger partial charge in [-0.25, -0.2) is 13.1 Å². The van der Waals surface area contributed by atoms with Crippen LogP contribution in [0.5, 0.6) is 0 Å². The predicted octanol–water partition coefficient (Wildman–Crippen LogP) is 2.61. The Labute approximate surface area is 160 Å². The Morgan fingerprint density at radius 2 is 1.62 bits per heavy atom. The molecule has 0 spiro atoms. The Balaban J connectivity index is 1.78. The third-order valence-corrected chi connectivity index (χ3v) is 6.45. The monoisotopic (exact) mass is 393 g/mol. The highest BCUT2D eigenvalue weighted by Crippen LogP contribution is 2.24. The molecule has 0 aromatic heterocycles. The number of rotatable bonds is 6. The Morgan fingerprint density at radius 3 is 2.23 bits per heavy atom. The van der Waals surface area contributed by atoms with Crippen molar-refractivity contribution >= 4 is 21.6 Å². The number of likely N-dealkylation sites (N-methyl/N-ethyl adjacent to an activating group) is 1. The molecule has 1 fully saturated rings. The molecule has 5 nitrogen and oxygen atoms in total. The van der Waals surface area contributed by atoms with Gasteiger partial charge in [0.25, 0.3) is 0 Å². The highest BCUT2D eigenvalue weighted by molar-refractivity contribution is 7.89. The van der Waals surface area contributed by atoms with Crippen molar-refractivity contribution in [2.24, 2.45) is 0 Å². The predicted molar refractivity (Wildman–Crippen MR) is 105 cm³/mol. The van der Waals surface area contributed by atoms with Crippen molar-refractivity contribution < 1.29 is 8.42 Å². The van der Waals surface area contributed by atoms with E-state index in [1.165, 1.54) is 0 Å². The van der Waals surface area contributed by atoms with Crippen molar-refractivity contribution in [3.8, 4) is 0 Å². The van der Waals surface area contributed by atoms with Gasteiger partial charge in [0.05, 0.1) is 4.90 Å². The molecule has 2 aromatic rings. The first-order valence-electron chi connectivity index (χ1n) is 8.68. The van der Waals surface area contributed by atoms with Crippen LogP contribution in [0.15, 0.2) is 59.5 Å². The van der Waals surface area contributed by atoms with Crippen LogP contribution in [0.1, 0.15) is 11.6 Å². The van der Waals surface area contributed by atoms with Crippen LogP contribution in [-0.4, -0.2) is 58.0 Å². The van der Waals surface area contributed by atoms with E-state index in [1.54, 1.807) is 30.3 Å². The zero-order chi connectivity index (χ0) is 18.6. The SMILES string of the molecule is CN1CCN(C(CNS(=O)(=O)c2ccccc2)c2ccc(Cl)cc2)CC1. The summed E-state index contributed by atoms with van der Waals surface area (Å²) < 4.78 is 28.0. The van der Waals surface area contributed by atoms with Gasteiger partial charge in [0.1, 0.15) is 0 Å². The fraction of sp³-hybridized carbons (Fsp3) is 0.368. The molecule has 0 saturated carbocycles. The number of nitrogens with zero attached hydrogens (tertiary/aromatic N) is 2. The summed E-state index contributed by atoms with van der Waals surface area (Å²) in [6, 6.07) is 16.1. The van der Waals surface area contributed by atoms with Gasteiger partial charge in [-0.15, -0.1) is 0 Å². The van der Waals surface area contributed by atoms with E-state index >= 15 is 0 Å². The first-order chi connectivity index (χ1) is 12.5. The average molecular weight is 394 g/mol. The summed E-state index contributed by atoms with van der Waals surface area (Å²) in [5.41, 5.74) is 1.06. The molecule has 0 bridgehead atoms. The topological polar surface area (TPSA) is 52.6 Å². The lowest BCUT2D eigenvalue weighted by atomic mass is 10.0. The lowest BCUT2D eigenvalue weighted by molar-refractivity contribution is 0.113. The second kappa shape index (κ2) is 8.50. The molecule has 1 atom stereocenters. The smallest absolute Gasteiger partial charge is 0.240 e. The highest BCUT2D eigenvalue weighted by atomic mass is 35.5. The van der Waals surface area contributed by atoms with E-state index in [4.69, 9.17) is 11.6 Å². The van der Waals surface area contributed by atoms with Gasteiger partial charge in [-0.05, 0) is 36.9 Å². The minimum absolute atomic E-state index is 0.0283. The number of benzene rings is 2. The van der Waals surface area contributed by atoms with Gasteiger partial charge in [-0.1, -0.05) is 41.9 Å². The molecule has 0 aliphatic carbocycles. The molecule has 2 aromatic carbocycles. The summed E-state index contributed by atoms with van der Waals surface area (Å²) in [5.74, 6) is 0. The van der Waals surface area contributed by atoms with Crippen molar-refractivity contribution in [2.75, 3.05) is 39.8 Å². The van der Waals surface area contributed by atoms with Crippen molar-refractivity contribution in [1.82, 2.24) is 14.5 Å². The van der Waals surface area contributed by atoms with E-state index in [-0.39, 0.29) is 10.9 Å². The van der Waals surface area contributed by atoms with Crippen LogP contribution in [-0.2, 0) is 10.0 Å². The minimum Gasteiger partial charge on any atom is -0.304 e. The van der Waals surface area contributed by atoms with E-state index in [1.807, 2.05) is 24.3 Å². The molecule has 1 aliphatic heterocycles. The fourth-order valence-corrected chi connectivity index (χ4v) is 4.33. The first-order valence-corrected chi connectivity index (χ1v) is 10.5. The Kier molecular flexibility index (Phi) is 6.32. The summed E-state index contributed by atoms with van der Waals surface area (Å²) in [5, 5.41) is 0.677. The maximum Gasteiger partial charge on any atom is 0.240 e. The Hall–Kier alpha value is -1.44. The molecule has 1 aliphatic rings. The van der Waals surface area contributed by atoms with Gasteiger partial charge >= 0.3 is 0 Å². The van der Waals surface area contributed by atoms with Crippen LogP contribution in [0, 0.1) is 0 Å². The molecule has 1 saturated heterocycles. The maximum absolute atomic E-state index is 12.6. The zero-order valence-electron chi connectivity index (χ0n) is 14.8. The largest absolute Gasteiger partial charge is 0.304 e. The van der Waals surface area contributed by atoms with Crippen LogP contribution < -0.4 is 4.72 Å². The standard InChI is InChI=1S/C19H24ClN3O2S/c1-22-11-13-23(14-12-22)19(16-7-9-17(20)10-8-16)15-21-26(24,25)18-5-3-2-4-6-18/h2-10,19,21H,11-15H2,1H3. The molecule has 0 radical (unpaired) electrons. The number of halogens is 1. The van der Waals surface area contributed by atoms with E-state index in [0.29, 0.717) is 11.6 Å². The average Bonchev–Trinajstić information content (AvgIpc) is 2.65. The number of hydrogen-bond acceptors (Lipinski definition) is 4. The van der Waals surface area contributed by atoms with Gasteiger partial charge in [0, 0.05) is 43.8 Å². The van der Waals surface area contributed by atoms with Gasteiger partial charge in [0.2, 0.25) is 10.0 Å². The minimum atomic E-state index is -3.53. The summed E-state index contributed by atoms with van der Waals surface area (Å²) in [7, 11) is -1.43. The van der Waals surface area contributed by atoms with Crippen molar-refractivity contribution in [3.63, 3.8) is 0 Å². The second-order valence-corrected chi connectivity index (χ2v) is 8.77. The van der Waals surface area contributed by atoms with Crippen LogP contribution in [0.4, 0.5) is 0 Å². The van der Waals surface area contributed by atoms with Gasteiger partial charge in [0.15, 0.2) is 0 Å². The lowest BCUT2D eigenvalue weighted by Gasteiger charge is -2.38. The molecular formula is C19H24ClN3O2S. The van der Waals surface area contributed by atoms with Crippen molar-refractivity contribution in [2.45, 2.75) is 10.9 Å². The number of hydrogen-bond donors (Lipinski definition) is 1. The van der Waals surface area contributed by atoms with E-state index in [0.717, 1.165) is 31.7 Å². The van der Waals surface area contributed by atoms with E-state index in [9.17, 15) is 8.42 Å². The van der Waals surface area contributed by atoms with Crippen molar-refractivity contribution in [3.05, 3.63) is 65.2 Å². The van der Waals surface area contributed by atoms with Gasteiger partial charge < -0.3 is 4.90 Å². The summed E-state index contributed by atoms with van der Waals surface area (Å²) in [4.78, 5) is 4.90. The molecule has 3 rings (SSSR count). The number of piperazine rings is 1. The van der Waals surface area contributed by atoms with Gasteiger partial charge in [-0.2, -0.15) is 0 Å². The molecule has 1 N–H and O–H groups in total. The highest BCUT2D eigenvalue weighted by Gasteiger charge is 2.26. The molecule has 1 unspecified atom stereocenters. The quantitative estimate of drug-likeness (QED) is 0.819. The summed E-state index contributed by atoms with van der Waals surface area (Å²) in [6.07, 6.45) is 0. The molecule has 1 heterocycles. The molecule has 140 valence electrons. The third-order valence-electron chi connectivity index (χ3n) is 4.75. The number of sulfonamides is 1. The van der Waals surface area contributed by atoms with Crippen LogP contribution in [0.3, 0.4) is 0 Å². The van der Waals surface area contributed by atoms with Crippen molar-refractivity contribution in [1.29, 1.82) is 0 Å². The van der Waals surface area contributed by atoms with Crippen LogP contribution in [0.2, 0.25) is 5.02 Å². The van der Waals surface area contributed by atoms with Crippen LogP contribution >= 0.6 is 11.6 Å². The third kappa shape index (κ3) is 4.84. The summed E-state index contributed by atoms with van der Waals surface area (Å²) in [6.45, 7) is 4.06. The summed E-state index contributed by atoms with van der Waals surface area (Å²) >= 11 is 6.02. The van der Waals surface area contributed by atoms with E-state index in [2.05, 4.69) is 21.6 Å². The van der Waals surface area contributed by atoms with Gasteiger partial charge in [-0.3, -0.25) is 4.90 Å². The molecule has 26 heavy (non-hydrogen) atoms. The maximum atomic E-state index is 12.6. The second-order valence-electron chi connectivity index (χ2n) is 6.57. The lowest BCUT2D eigenvalue weighted by Crippen LogP contribution is -2.48. The molecular weight excluding hydrogens is 370 g/mol. The molecule has 0 amide bonds. The molecule has 7 heteroatoms. The van der Waals surface area contributed by atoms with Crippen LogP contribution in [0.25, 0.3) is 0 Å². The normalized spacial score (nSPS) is 17.9. The number of nitrogens with one attached hydrogen (secondary N) is 1. The first kappa shape index (κ1) is 19.3. The fourth-order valence-electron chi connectivity index (χ4n) is 3.15. The Morgan fingerprint density at radius 1 is 1.00 bits per heavy atom.